The Morgan fingerprint density at radius 1 is 1.16 bits per heavy atom. The lowest BCUT2D eigenvalue weighted by Crippen LogP contribution is -2.48. The van der Waals surface area contributed by atoms with Crippen LogP contribution in [0.3, 0.4) is 0 Å². The number of aromatic nitrogens is 1. The van der Waals surface area contributed by atoms with Crippen LogP contribution in [0.25, 0.3) is 0 Å². The third-order valence-electron chi connectivity index (χ3n) is 4.70. The Bertz CT molecular complexity index is 555. The predicted octanol–water partition coefficient (Wildman–Crippen LogP) is 0.851. The first-order chi connectivity index (χ1) is 12.3. The molecule has 2 aliphatic heterocycles. The van der Waals surface area contributed by atoms with Gasteiger partial charge in [-0.2, -0.15) is 4.98 Å². The molecular formula is C18H28N4O3. The molecule has 0 unspecified atom stereocenters. The Morgan fingerprint density at radius 2 is 1.92 bits per heavy atom. The Labute approximate surface area is 149 Å². The van der Waals surface area contributed by atoms with Gasteiger partial charge in [-0.1, -0.05) is 6.07 Å². The molecule has 3 heterocycles. The molecule has 1 aromatic heterocycles. The van der Waals surface area contributed by atoms with Gasteiger partial charge in [0.2, 0.25) is 11.8 Å². The molecule has 0 aromatic carbocycles. The van der Waals surface area contributed by atoms with E-state index in [-0.39, 0.29) is 5.91 Å². The molecule has 25 heavy (non-hydrogen) atoms. The van der Waals surface area contributed by atoms with Crippen molar-refractivity contribution in [3.63, 3.8) is 0 Å². The standard InChI is InChI=1S/C18H28N4O3/c1-2-25-17-5-3-4-16(19-17)21-10-8-20(9-11-21)7-6-18(23)22-12-14-24-15-13-22/h3-5H,2,6-15H2,1H3. The molecular weight excluding hydrogens is 320 g/mol. The monoisotopic (exact) mass is 348 g/mol. The molecule has 2 saturated heterocycles. The number of morpholine rings is 1. The van der Waals surface area contributed by atoms with Crippen molar-refractivity contribution in [3.05, 3.63) is 18.2 Å². The second kappa shape index (κ2) is 9.01. The molecule has 7 heteroatoms. The van der Waals surface area contributed by atoms with Crippen molar-refractivity contribution >= 4 is 11.7 Å². The van der Waals surface area contributed by atoms with Gasteiger partial charge in [-0.15, -0.1) is 0 Å². The maximum atomic E-state index is 12.2. The summed E-state index contributed by atoms with van der Waals surface area (Å²) in [7, 11) is 0. The number of amides is 1. The van der Waals surface area contributed by atoms with Gasteiger partial charge < -0.3 is 19.3 Å². The van der Waals surface area contributed by atoms with Gasteiger partial charge in [0.1, 0.15) is 5.82 Å². The summed E-state index contributed by atoms with van der Waals surface area (Å²) in [6.07, 6.45) is 0.595. The number of rotatable bonds is 6. The van der Waals surface area contributed by atoms with Crippen LogP contribution in [-0.4, -0.2) is 86.3 Å². The Balaban J connectivity index is 1.42. The summed E-state index contributed by atoms with van der Waals surface area (Å²) < 4.78 is 10.8. The molecule has 1 amide bonds. The lowest BCUT2D eigenvalue weighted by atomic mass is 10.2. The fourth-order valence-corrected chi connectivity index (χ4v) is 3.23. The van der Waals surface area contributed by atoms with Gasteiger partial charge in [0, 0.05) is 58.3 Å². The third-order valence-corrected chi connectivity index (χ3v) is 4.70. The second-order valence-electron chi connectivity index (χ2n) is 6.34. The molecule has 0 N–H and O–H groups in total. The molecule has 1 aromatic rings. The number of nitrogens with zero attached hydrogens (tertiary/aromatic N) is 4. The molecule has 2 fully saturated rings. The number of anilines is 1. The highest BCUT2D eigenvalue weighted by atomic mass is 16.5. The van der Waals surface area contributed by atoms with Gasteiger partial charge in [0.25, 0.3) is 0 Å². The average molecular weight is 348 g/mol. The molecule has 0 spiro atoms. The van der Waals surface area contributed by atoms with Crippen molar-refractivity contribution < 1.29 is 14.3 Å². The molecule has 3 rings (SSSR count). The highest BCUT2D eigenvalue weighted by Crippen LogP contribution is 2.17. The van der Waals surface area contributed by atoms with Gasteiger partial charge in [-0.3, -0.25) is 9.69 Å². The molecule has 0 atom stereocenters. The number of ether oxygens (including phenoxy) is 2. The normalized spacial score (nSPS) is 19.1. The summed E-state index contributed by atoms with van der Waals surface area (Å²) in [5, 5.41) is 0. The molecule has 0 aliphatic carbocycles. The van der Waals surface area contributed by atoms with Crippen molar-refractivity contribution in [3.8, 4) is 5.88 Å². The van der Waals surface area contributed by atoms with E-state index < -0.39 is 0 Å². The van der Waals surface area contributed by atoms with Gasteiger partial charge in [-0.05, 0) is 13.0 Å². The summed E-state index contributed by atoms with van der Waals surface area (Å²) in [4.78, 5) is 23.4. The van der Waals surface area contributed by atoms with E-state index in [4.69, 9.17) is 9.47 Å². The van der Waals surface area contributed by atoms with Gasteiger partial charge in [0.15, 0.2) is 0 Å². The first-order valence-corrected chi connectivity index (χ1v) is 9.19. The molecule has 0 saturated carbocycles. The van der Waals surface area contributed by atoms with E-state index >= 15 is 0 Å². The Hall–Kier alpha value is -1.86. The largest absolute Gasteiger partial charge is 0.478 e. The Kier molecular flexibility index (Phi) is 6.47. The molecule has 0 bridgehead atoms. The number of carbonyl (C=O) groups is 1. The van der Waals surface area contributed by atoms with Gasteiger partial charge >= 0.3 is 0 Å². The molecule has 0 radical (unpaired) electrons. The molecule has 2 aliphatic rings. The number of carbonyl (C=O) groups excluding carboxylic acids is 1. The number of piperazine rings is 1. The van der Waals surface area contributed by atoms with Crippen LogP contribution in [0.1, 0.15) is 13.3 Å². The maximum Gasteiger partial charge on any atom is 0.224 e. The number of pyridine rings is 1. The van der Waals surface area contributed by atoms with Crippen LogP contribution in [0.15, 0.2) is 18.2 Å². The zero-order valence-corrected chi connectivity index (χ0v) is 15.0. The lowest BCUT2D eigenvalue weighted by molar-refractivity contribution is -0.135. The van der Waals surface area contributed by atoms with Crippen molar-refractivity contribution in [1.82, 2.24) is 14.8 Å². The van der Waals surface area contributed by atoms with Crippen LogP contribution in [-0.2, 0) is 9.53 Å². The summed E-state index contributed by atoms with van der Waals surface area (Å²) in [6.45, 7) is 9.97. The van der Waals surface area contributed by atoms with Crippen LogP contribution < -0.4 is 9.64 Å². The lowest BCUT2D eigenvalue weighted by Gasteiger charge is -2.35. The number of hydrogen-bond acceptors (Lipinski definition) is 6. The van der Waals surface area contributed by atoms with Crippen LogP contribution >= 0.6 is 0 Å². The quantitative estimate of drug-likeness (QED) is 0.760. The van der Waals surface area contributed by atoms with E-state index in [2.05, 4.69) is 14.8 Å². The van der Waals surface area contributed by atoms with Crippen molar-refractivity contribution in [2.45, 2.75) is 13.3 Å². The topological polar surface area (TPSA) is 58.1 Å². The smallest absolute Gasteiger partial charge is 0.224 e. The summed E-state index contributed by atoms with van der Waals surface area (Å²) in [6, 6.07) is 5.90. The van der Waals surface area contributed by atoms with Gasteiger partial charge in [-0.25, -0.2) is 0 Å². The average Bonchev–Trinajstić information content (AvgIpc) is 2.68. The fraction of sp³-hybridized carbons (Fsp3) is 0.667. The zero-order valence-electron chi connectivity index (χ0n) is 15.0. The van der Waals surface area contributed by atoms with Crippen LogP contribution in [0, 0.1) is 0 Å². The predicted molar refractivity (Wildman–Crippen MR) is 96.1 cm³/mol. The Morgan fingerprint density at radius 3 is 2.64 bits per heavy atom. The van der Waals surface area contributed by atoms with Crippen molar-refractivity contribution in [1.29, 1.82) is 0 Å². The van der Waals surface area contributed by atoms with E-state index in [1.165, 1.54) is 0 Å². The highest BCUT2D eigenvalue weighted by molar-refractivity contribution is 5.76. The first kappa shape index (κ1) is 17.9. The van der Waals surface area contributed by atoms with E-state index in [0.29, 0.717) is 32.1 Å². The van der Waals surface area contributed by atoms with Crippen LogP contribution in [0.5, 0.6) is 5.88 Å². The van der Waals surface area contributed by atoms with E-state index in [1.54, 1.807) is 0 Å². The fourth-order valence-electron chi connectivity index (χ4n) is 3.23. The minimum Gasteiger partial charge on any atom is -0.478 e. The summed E-state index contributed by atoms with van der Waals surface area (Å²) >= 11 is 0. The minimum atomic E-state index is 0.247. The van der Waals surface area contributed by atoms with Crippen LogP contribution in [0.4, 0.5) is 5.82 Å². The molecule has 138 valence electrons. The van der Waals surface area contributed by atoms with Gasteiger partial charge in [0.05, 0.1) is 19.8 Å². The maximum absolute atomic E-state index is 12.2. The van der Waals surface area contributed by atoms with Crippen LogP contribution in [0.2, 0.25) is 0 Å². The van der Waals surface area contributed by atoms with E-state index in [9.17, 15) is 4.79 Å². The van der Waals surface area contributed by atoms with E-state index in [1.807, 2.05) is 30.0 Å². The number of hydrogen-bond donors (Lipinski definition) is 0. The summed E-state index contributed by atoms with van der Waals surface area (Å²) in [5.41, 5.74) is 0. The SMILES string of the molecule is CCOc1cccc(N2CCN(CCC(=O)N3CCOCC3)CC2)n1. The first-order valence-electron chi connectivity index (χ1n) is 9.19. The van der Waals surface area contributed by atoms with E-state index in [0.717, 1.165) is 51.6 Å². The highest BCUT2D eigenvalue weighted by Gasteiger charge is 2.21. The second-order valence-corrected chi connectivity index (χ2v) is 6.34. The third kappa shape index (κ3) is 5.06. The van der Waals surface area contributed by atoms with Crippen molar-refractivity contribution in [2.75, 3.05) is 70.5 Å². The molecule has 7 nitrogen and oxygen atoms in total. The minimum absolute atomic E-state index is 0.247. The zero-order chi connectivity index (χ0) is 17.5. The summed E-state index contributed by atoms with van der Waals surface area (Å²) in [5.74, 6) is 1.89. The van der Waals surface area contributed by atoms with Crippen molar-refractivity contribution in [2.24, 2.45) is 0 Å².